The van der Waals surface area contributed by atoms with Crippen LogP contribution in [-0.2, 0) is 11.2 Å². The lowest BCUT2D eigenvalue weighted by Gasteiger charge is -2.40. The van der Waals surface area contributed by atoms with Crippen molar-refractivity contribution in [2.45, 2.75) is 6.42 Å². The molecule has 1 fully saturated rings. The molecular formula is C23H23N7O. The van der Waals surface area contributed by atoms with E-state index < -0.39 is 0 Å². The van der Waals surface area contributed by atoms with Crippen LogP contribution in [0.1, 0.15) is 5.69 Å². The Morgan fingerprint density at radius 1 is 1.26 bits per heavy atom. The molecule has 8 heteroatoms. The molecule has 0 radical (unpaired) electrons. The van der Waals surface area contributed by atoms with Gasteiger partial charge in [-0.25, -0.2) is 4.98 Å². The Hall–Kier alpha value is -3.94. The number of pyridine rings is 1. The van der Waals surface area contributed by atoms with Gasteiger partial charge in [-0.05, 0) is 35.9 Å². The summed E-state index contributed by atoms with van der Waals surface area (Å²) in [6, 6.07) is 7.99. The molecule has 156 valence electrons. The largest absolute Gasteiger partial charge is 0.370 e. The maximum Gasteiger partial charge on any atom is 0.226 e. The molecule has 1 aliphatic rings. The van der Waals surface area contributed by atoms with E-state index in [9.17, 15) is 4.79 Å². The second kappa shape index (κ2) is 7.71. The van der Waals surface area contributed by atoms with Crippen molar-refractivity contribution in [3.05, 3.63) is 73.5 Å². The van der Waals surface area contributed by atoms with Gasteiger partial charge in [0.2, 0.25) is 5.91 Å². The van der Waals surface area contributed by atoms with Crippen molar-refractivity contribution in [3.63, 3.8) is 0 Å². The highest BCUT2D eigenvalue weighted by atomic mass is 16.2. The van der Waals surface area contributed by atoms with Gasteiger partial charge < -0.3 is 15.2 Å². The molecule has 31 heavy (non-hydrogen) atoms. The van der Waals surface area contributed by atoms with E-state index in [2.05, 4.69) is 49.6 Å². The summed E-state index contributed by atoms with van der Waals surface area (Å²) in [4.78, 5) is 22.2. The topological polar surface area (TPSA) is 91.2 Å². The lowest BCUT2D eigenvalue weighted by atomic mass is 9.98. The quantitative estimate of drug-likeness (QED) is 0.455. The van der Waals surface area contributed by atoms with Crippen molar-refractivity contribution in [1.29, 1.82) is 0 Å². The van der Waals surface area contributed by atoms with Gasteiger partial charge in [0.15, 0.2) is 0 Å². The number of nitrogens with one attached hydrogen (secondary N) is 2. The first-order valence-electron chi connectivity index (χ1n) is 10.2. The number of rotatable bonds is 7. The zero-order chi connectivity index (χ0) is 21.4. The van der Waals surface area contributed by atoms with Gasteiger partial charge in [-0.1, -0.05) is 13.2 Å². The summed E-state index contributed by atoms with van der Waals surface area (Å²) in [5, 5.41) is 12.7. The average Bonchev–Trinajstić information content (AvgIpc) is 3.36. The van der Waals surface area contributed by atoms with E-state index in [1.165, 1.54) is 0 Å². The van der Waals surface area contributed by atoms with E-state index in [1.54, 1.807) is 23.1 Å². The molecule has 0 saturated carbocycles. The number of hydrogen-bond donors (Lipinski definition) is 2. The Labute approximate surface area is 179 Å². The van der Waals surface area contributed by atoms with Gasteiger partial charge in [0.1, 0.15) is 5.65 Å². The number of aromatic nitrogens is 5. The number of likely N-dealkylation sites (tertiary alicyclic amines) is 1. The Kier molecular flexibility index (Phi) is 4.74. The highest BCUT2D eigenvalue weighted by molar-refractivity contribution is 5.97. The van der Waals surface area contributed by atoms with Crippen LogP contribution in [0.3, 0.4) is 0 Å². The molecule has 1 saturated heterocycles. The van der Waals surface area contributed by atoms with Gasteiger partial charge in [-0.3, -0.25) is 4.79 Å². The van der Waals surface area contributed by atoms with Crippen LogP contribution in [0.2, 0.25) is 0 Å². The Morgan fingerprint density at radius 2 is 2.13 bits per heavy atom. The summed E-state index contributed by atoms with van der Waals surface area (Å²) in [7, 11) is 0. The fourth-order valence-corrected chi connectivity index (χ4v) is 3.96. The number of carbonyl (C=O) groups is 1. The summed E-state index contributed by atoms with van der Waals surface area (Å²) in [5.41, 5.74) is 5.72. The van der Waals surface area contributed by atoms with Crippen LogP contribution < -0.4 is 5.32 Å². The van der Waals surface area contributed by atoms with Crippen molar-refractivity contribution in [1.82, 2.24) is 35.0 Å². The Morgan fingerprint density at radius 3 is 2.97 bits per heavy atom. The minimum atomic E-state index is 0.0110. The molecule has 5 heterocycles. The van der Waals surface area contributed by atoms with Gasteiger partial charge in [-0.15, -0.1) is 0 Å². The zero-order valence-electron chi connectivity index (χ0n) is 17.1. The number of allylic oxidation sites excluding steroid dienone is 1. The molecular weight excluding hydrogens is 390 g/mol. The van der Waals surface area contributed by atoms with Crippen LogP contribution in [-0.4, -0.2) is 55.2 Å². The van der Waals surface area contributed by atoms with Gasteiger partial charge in [0.25, 0.3) is 0 Å². The summed E-state index contributed by atoms with van der Waals surface area (Å²) in [5.74, 6) is 0.0961. The third-order valence-corrected chi connectivity index (χ3v) is 5.77. The summed E-state index contributed by atoms with van der Waals surface area (Å²) in [6.07, 6.45) is 7.75. The standard InChI is InChI=1S/C23H23N7O/c1-3-15(2)29-13-16(14-29)23(31)25-9-6-17-11-19-18(7-10-24-22(19)28-17)20-12-27-30-21(20)5-4-8-26-30/h3-5,7-8,10-12,16H,1-2,6,9,13-14H2,(H,24,28)(H,25,31). The first kappa shape index (κ1) is 19.0. The second-order valence-corrected chi connectivity index (χ2v) is 7.71. The number of nitrogens with zero attached hydrogens (tertiary/aromatic N) is 5. The minimum absolute atomic E-state index is 0.0110. The maximum atomic E-state index is 12.3. The summed E-state index contributed by atoms with van der Waals surface area (Å²) >= 11 is 0. The molecule has 4 aromatic rings. The number of amides is 1. The van der Waals surface area contributed by atoms with Gasteiger partial charge in [-0.2, -0.15) is 14.8 Å². The van der Waals surface area contributed by atoms with Crippen molar-refractivity contribution < 1.29 is 4.79 Å². The predicted octanol–water partition coefficient (Wildman–Crippen LogP) is 2.56. The smallest absolute Gasteiger partial charge is 0.226 e. The van der Waals surface area contributed by atoms with Crippen LogP contribution in [0.15, 0.2) is 67.8 Å². The van der Waals surface area contributed by atoms with Crippen molar-refractivity contribution in [2.24, 2.45) is 5.92 Å². The van der Waals surface area contributed by atoms with Crippen LogP contribution in [0, 0.1) is 5.92 Å². The molecule has 2 N–H and O–H groups in total. The number of aromatic amines is 1. The third kappa shape index (κ3) is 3.46. The van der Waals surface area contributed by atoms with Gasteiger partial charge in [0.05, 0.1) is 17.6 Å². The van der Waals surface area contributed by atoms with E-state index in [0.29, 0.717) is 26.1 Å². The molecule has 0 aromatic carbocycles. The molecule has 0 spiro atoms. The first-order chi connectivity index (χ1) is 15.1. The average molecular weight is 413 g/mol. The van der Waals surface area contributed by atoms with Crippen LogP contribution in [0.5, 0.6) is 0 Å². The van der Waals surface area contributed by atoms with E-state index in [0.717, 1.165) is 39.1 Å². The fourth-order valence-electron chi connectivity index (χ4n) is 3.96. The summed E-state index contributed by atoms with van der Waals surface area (Å²) < 4.78 is 1.62. The van der Waals surface area contributed by atoms with Crippen LogP contribution >= 0.6 is 0 Å². The highest BCUT2D eigenvalue weighted by Gasteiger charge is 2.32. The molecule has 0 unspecified atom stereocenters. The monoisotopic (exact) mass is 413 g/mol. The molecule has 4 aromatic heterocycles. The lowest BCUT2D eigenvalue weighted by molar-refractivity contribution is -0.129. The number of hydrogen-bond acceptors (Lipinski definition) is 5. The highest BCUT2D eigenvalue weighted by Crippen LogP contribution is 2.30. The maximum absolute atomic E-state index is 12.3. The van der Waals surface area contributed by atoms with E-state index in [1.807, 2.05) is 24.4 Å². The third-order valence-electron chi connectivity index (χ3n) is 5.77. The van der Waals surface area contributed by atoms with E-state index in [4.69, 9.17) is 0 Å². The normalized spacial score (nSPS) is 14.0. The zero-order valence-corrected chi connectivity index (χ0v) is 17.1. The molecule has 1 amide bonds. The van der Waals surface area contributed by atoms with Gasteiger partial charge >= 0.3 is 0 Å². The lowest BCUT2D eigenvalue weighted by Crippen LogP contribution is -2.52. The molecule has 1 aliphatic heterocycles. The molecule has 8 nitrogen and oxygen atoms in total. The predicted molar refractivity (Wildman–Crippen MR) is 119 cm³/mol. The van der Waals surface area contributed by atoms with Gasteiger partial charge in [0, 0.05) is 60.8 Å². The van der Waals surface area contributed by atoms with Crippen LogP contribution in [0.25, 0.3) is 27.7 Å². The van der Waals surface area contributed by atoms with Crippen molar-refractivity contribution >= 4 is 22.5 Å². The molecule has 0 bridgehead atoms. The number of carbonyl (C=O) groups excluding carboxylic acids is 1. The molecule has 5 rings (SSSR count). The van der Waals surface area contributed by atoms with E-state index in [-0.39, 0.29) is 11.8 Å². The first-order valence-corrected chi connectivity index (χ1v) is 10.2. The summed E-state index contributed by atoms with van der Waals surface area (Å²) in [6.45, 7) is 9.59. The molecule has 0 atom stereocenters. The SMILES string of the molecule is C=CC(=C)N1CC(C(=O)NCCc2cc3c(-c4cnn5ncccc45)ccnc3[nH]2)C1. The number of H-pyrrole nitrogens is 1. The Balaban J connectivity index is 1.27. The minimum Gasteiger partial charge on any atom is -0.370 e. The fraction of sp³-hybridized carbons (Fsp3) is 0.217. The van der Waals surface area contributed by atoms with Crippen molar-refractivity contribution in [2.75, 3.05) is 19.6 Å². The van der Waals surface area contributed by atoms with E-state index >= 15 is 0 Å². The Bertz CT molecular complexity index is 1300. The van der Waals surface area contributed by atoms with Crippen molar-refractivity contribution in [3.8, 4) is 11.1 Å². The molecule has 0 aliphatic carbocycles. The van der Waals surface area contributed by atoms with Crippen LogP contribution in [0.4, 0.5) is 0 Å². The second-order valence-electron chi connectivity index (χ2n) is 7.71. The number of fused-ring (bicyclic) bond motifs is 2.